The molecule has 1 fully saturated rings. The maximum absolute atomic E-state index is 12.3. The highest BCUT2D eigenvalue weighted by molar-refractivity contribution is 9.10. The summed E-state index contributed by atoms with van der Waals surface area (Å²) in [5.74, 6) is -1.24. The maximum atomic E-state index is 12.3. The molecule has 100 valence electrons. The molecule has 18 heavy (non-hydrogen) atoms. The lowest BCUT2D eigenvalue weighted by Crippen LogP contribution is -2.52. The number of rotatable bonds is 3. The van der Waals surface area contributed by atoms with Crippen molar-refractivity contribution in [2.45, 2.75) is 10.9 Å². The van der Waals surface area contributed by atoms with Crippen molar-refractivity contribution >= 4 is 31.9 Å². The first-order valence-corrected chi connectivity index (χ1v) is 7.22. The summed E-state index contributed by atoms with van der Waals surface area (Å²) in [4.78, 5) is 11.0. The van der Waals surface area contributed by atoms with Gasteiger partial charge in [-0.05, 0) is 15.9 Å². The number of halogens is 1. The molecule has 1 aliphatic heterocycles. The molecule has 1 aromatic rings. The van der Waals surface area contributed by atoms with Crippen LogP contribution in [0.2, 0.25) is 0 Å². The standard InChI is InChI=1S/C9H10BrNO6S/c10-6-3-17-5-8(6)18(14,15)11-1-2-16-4-7(11)9(12)13/h3,5,7H,1-2,4H2,(H,12,13). The summed E-state index contributed by atoms with van der Waals surface area (Å²) in [7, 11) is -3.91. The number of sulfonamides is 1. The molecule has 1 saturated heterocycles. The number of carbonyl (C=O) groups is 1. The predicted octanol–water partition coefficient (Wildman–Crippen LogP) is 0.516. The number of hydrogen-bond donors (Lipinski definition) is 1. The largest absolute Gasteiger partial charge is 0.480 e. The van der Waals surface area contributed by atoms with Gasteiger partial charge in [-0.3, -0.25) is 4.79 Å². The molecule has 2 rings (SSSR count). The lowest BCUT2D eigenvalue weighted by atomic mass is 10.3. The van der Waals surface area contributed by atoms with Gasteiger partial charge in [0.25, 0.3) is 0 Å². The Balaban J connectivity index is 2.39. The fourth-order valence-electron chi connectivity index (χ4n) is 1.65. The fraction of sp³-hybridized carbons (Fsp3) is 0.444. The summed E-state index contributed by atoms with van der Waals surface area (Å²) in [6, 6.07) is -1.22. The Hall–Kier alpha value is -0.900. The van der Waals surface area contributed by atoms with Crippen molar-refractivity contribution < 1.29 is 27.5 Å². The van der Waals surface area contributed by atoms with Crippen molar-refractivity contribution in [3.8, 4) is 0 Å². The van der Waals surface area contributed by atoms with Crippen LogP contribution in [0.1, 0.15) is 0 Å². The Morgan fingerprint density at radius 1 is 1.50 bits per heavy atom. The Bertz CT molecular complexity index is 553. The van der Waals surface area contributed by atoms with Gasteiger partial charge in [0.15, 0.2) is 0 Å². The first-order valence-electron chi connectivity index (χ1n) is 4.98. The number of ether oxygens (including phenoxy) is 1. The van der Waals surface area contributed by atoms with Crippen LogP contribution in [0.25, 0.3) is 0 Å². The molecule has 2 heterocycles. The summed E-state index contributed by atoms with van der Waals surface area (Å²) >= 11 is 3.05. The monoisotopic (exact) mass is 339 g/mol. The van der Waals surface area contributed by atoms with E-state index < -0.39 is 22.0 Å². The van der Waals surface area contributed by atoms with E-state index in [9.17, 15) is 13.2 Å². The number of furan rings is 1. The summed E-state index contributed by atoms with van der Waals surface area (Å²) in [5.41, 5.74) is 0. The minimum atomic E-state index is -3.91. The fourth-order valence-corrected chi connectivity index (χ4v) is 3.99. The number of aliphatic carboxylic acids is 1. The van der Waals surface area contributed by atoms with Crippen LogP contribution in [0.3, 0.4) is 0 Å². The van der Waals surface area contributed by atoms with Gasteiger partial charge in [-0.1, -0.05) is 0 Å². The molecule has 0 radical (unpaired) electrons. The highest BCUT2D eigenvalue weighted by atomic mass is 79.9. The lowest BCUT2D eigenvalue weighted by molar-refractivity contribution is -0.146. The van der Waals surface area contributed by atoms with E-state index in [4.69, 9.17) is 14.3 Å². The number of hydrogen-bond acceptors (Lipinski definition) is 5. The molecule has 1 unspecified atom stereocenters. The summed E-state index contributed by atoms with van der Waals surface area (Å²) in [6.07, 6.45) is 2.29. The molecule has 1 aromatic heterocycles. The van der Waals surface area contributed by atoms with Crippen LogP contribution in [-0.4, -0.2) is 49.6 Å². The minimum absolute atomic E-state index is 0.00306. The van der Waals surface area contributed by atoms with E-state index in [0.717, 1.165) is 10.6 Å². The van der Waals surface area contributed by atoms with E-state index in [1.165, 1.54) is 6.26 Å². The lowest BCUT2D eigenvalue weighted by Gasteiger charge is -2.31. The summed E-state index contributed by atoms with van der Waals surface area (Å²) < 4.78 is 35.6. The van der Waals surface area contributed by atoms with Gasteiger partial charge >= 0.3 is 5.97 Å². The van der Waals surface area contributed by atoms with Crippen LogP contribution >= 0.6 is 15.9 Å². The SMILES string of the molecule is O=C(O)C1COCCN1S(=O)(=O)c1cocc1Br. The molecule has 0 bridgehead atoms. The molecule has 1 N–H and O–H groups in total. The number of morpholine rings is 1. The van der Waals surface area contributed by atoms with Crippen molar-refractivity contribution in [2.75, 3.05) is 19.8 Å². The first kappa shape index (κ1) is 13.5. The van der Waals surface area contributed by atoms with Crippen molar-refractivity contribution in [1.82, 2.24) is 4.31 Å². The van der Waals surface area contributed by atoms with E-state index in [-0.39, 0.29) is 29.1 Å². The van der Waals surface area contributed by atoms with E-state index >= 15 is 0 Å². The normalized spacial score (nSPS) is 21.9. The third kappa shape index (κ3) is 2.30. The Kier molecular flexibility index (Phi) is 3.76. The molecule has 0 aliphatic carbocycles. The highest BCUT2D eigenvalue weighted by Gasteiger charge is 2.39. The first-order chi connectivity index (χ1) is 8.44. The Labute approximate surface area is 112 Å². The molecule has 0 amide bonds. The van der Waals surface area contributed by atoms with Gasteiger partial charge in [0.05, 0.1) is 17.7 Å². The molecular weight excluding hydrogens is 330 g/mol. The quantitative estimate of drug-likeness (QED) is 0.861. The number of nitrogens with zero attached hydrogens (tertiary/aromatic N) is 1. The Morgan fingerprint density at radius 3 is 2.78 bits per heavy atom. The van der Waals surface area contributed by atoms with Crippen LogP contribution in [0, 0.1) is 0 Å². The molecule has 1 atom stereocenters. The molecule has 0 spiro atoms. The molecule has 9 heteroatoms. The summed E-state index contributed by atoms with van der Waals surface area (Å²) in [6.45, 7) is -0.000561. The second kappa shape index (κ2) is 5.00. The second-order valence-electron chi connectivity index (χ2n) is 3.63. The van der Waals surface area contributed by atoms with Crippen LogP contribution in [0.4, 0.5) is 0 Å². The van der Waals surface area contributed by atoms with Crippen molar-refractivity contribution in [3.63, 3.8) is 0 Å². The zero-order valence-electron chi connectivity index (χ0n) is 9.08. The van der Waals surface area contributed by atoms with Crippen molar-refractivity contribution in [1.29, 1.82) is 0 Å². The third-order valence-corrected chi connectivity index (χ3v) is 5.34. The average Bonchev–Trinajstić information content (AvgIpc) is 2.76. The van der Waals surface area contributed by atoms with E-state index in [2.05, 4.69) is 15.9 Å². The van der Waals surface area contributed by atoms with Gasteiger partial charge in [0.1, 0.15) is 23.5 Å². The zero-order valence-corrected chi connectivity index (χ0v) is 11.5. The van der Waals surface area contributed by atoms with Crippen molar-refractivity contribution in [2.24, 2.45) is 0 Å². The van der Waals surface area contributed by atoms with Gasteiger partial charge in [0.2, 0.25) is 10.0 Å². The van der Waals surface area contributed by atoms with Gasteiger partial charge < -0.3 is 14.3 Å². The van der Waals surface area contributed by atoms with Gasteiger partial charge in [-0.2, -0.15) is 4.31 Å². The van der Waals surface area contributed by atoms with Crippen molar-refractivity contribution in [3.05, 3.63) is 17.0 Å². The predicted molar refractivity (Wildman–Crippen MR) is 62.5 cm³/mol. The van der Waals surface area contributed by atoms with E-state index in [1.54, 1.807) is 0 Å². The maximum Gasteiger partial charge on any atom is 0.324 e. The van der Waals surface area contributed by atoms with Gasteiger partial charge in [0, 0.05) is 6.54 Å². The van der Waals surface area contributed by atoms with Crippen LogP contribution in [0.5, 0.6) is 0 Å². The van der Waals surface area contributed by atoms with Crippen LogP contribution in [0.15, 0.2) is 26.3 Å². The molecule has 1 aliphatic rings. The van der Waals surface area contributed by atoms with E-state index in [1.807, 2.05) is 0 Å². The third-order valence-electron chi connectivity index (χ3n) is 2.53. The van der Waals surface area contributed by atoms with Gasteiger partial charge in [-0.15, -0.1) is 0 Å². The molecule has 0 saturated carbocycles. The Morgan fingerprint density at radius 2 is 2.22 bits per heavy atom. The zero-order chi connectivity index (χ0) is 13.3. The van der Waals surface area contributed by atoms with Crippen LogP contribution in [-0.2, 0) is 19.6 Å². The molecule has 7 nitrogen and oxygen atoms in total. The minimum Gasteiger partial charge on any atom is -0.480 e. The topological polar surface area (TPSA) is 97.0 Å². The summed E-state index contributed by atoms with van der Waals surface area (Å²) in [5, 5.41) is 9.02. The molecular formula is C9H10BrNO6S. The second-order valence-corrected chi connectivity index (χ2v) is 6.34. The highest BCUT2D eigenvalue weighted by Crippen LogP contribution is 2.28. The smallest absolute Gasteiger partial charge is 0.324 e. The number of carboxylic acid groups (broad SMARTS) is 1. The molecule has 0 aromatic carbocycles. The average molecular weight is 340 g/mol. The van der Waals surface area contributed by atoms with E-state index in [0.29, 0.717) is 0 Å². The number of carboxylic acids is 1. The van der Waals surface area contributed by atoms with Gasteiger partial charge in [-0.25, -0.2) is 8.42 Å². The van der Waals surface area contributed by atoms with Crippen LogP contribution < -0.4 is 0 Å².